The predicted molar refractivity (Wildman–Crippen MR) is 54.7 cm³/mol. The Morgan fingerprint density at radius 2 is 2.21 bits per heavy atom. The van der Waals surface area contributed by atoms with Crippen molar-refractivity contribution in [2.24, 2.45) is 4.36 Å². The first kappa shape index (κ1) is 9.70. The number of benzene rings is 1. The molecule has 1 atom stereocenters. The predicted octanol–water partition coefficient (Wildman–Crippen LogP) is -0.663. The van der Waals surface area contributed by atoms with Gasteiger partial charge in [-0.05, 0) is 17.1 Å². The summed E-state index contributed by atoms with van der Waals surface area (Å²) in [5.74, 6) is 0. The number of fused-ring (bicyclic) bond motifs is 1. The van der Waals surface area contributed by atoms with Crippen molar-refractivity contribution < 1.29 is 14.3 Å². The Bertz CT molecular complexity index is 491. The zero-order valence-corrected chi connectivity index (χ0v) is 8.49. The number of hydrogen-bond donors (Lipinski definition) is 2. The van der Waals surface area contributed by atoms with Crippen LogP contribution >= 0.6 is 0 Å². The highest BCUT2D eigenvalue weighted by Crippen LogP contribution is 2.24. The van der Waals surface area contributed by atoms with Crippen LogP contribution in [0.25, 0.3) is 0 Å². The van der Waals surface area contributed by atoms with Gasteiger partial charge in [0.2, 0.25) is 0 Å². The Morgan fingerprint density at radius 1 is 1.50 bits per heavy atom. The monoisotopic (exact) mass is 211 g/mol. The van der Waals surface area contributed by atoms with Crippen LogP contribution < -0.4 is 5.46 Å². The average molecular weight is 211 g/mol. The van der Waals surface area contributed by atoms with Gasteiger partial charge >= 0.3 is 7.12 Å². The molecule has 1 aromatic rings. The van der Waals surface area contributed by atoms with Crippen LogP contribution in [0.3, 0.4) is 0 Å². The summed E-state index contributed by atoms with van der Waals surface area (Å²) in [6.45, 7) is 0.451. The molecule has 74 valence electrons. The molecule has 1 aliphatic heterocycles. The molecule has 6 heteroatoms. The molecule has 0 fully saturated rings. The standard InChI is InChI=1S/C8H10BNO3S/c1-14(13)8-4-7(9(11)12)3-2-6(8)5-10-14/h2-4,11-12H,5H2,1H3. The van der Waals surface area contributed by atoms with Crippen molar-refractivity contribution in [2.75, 3.05) is 6.26 Å². The molecular formula is C8H10BNO3S. The van der Waals surface area contributed by atoms with E-state index >= 15 is 0 Å². The van der Waals surface area contributed by atoms with Crippen LogP contribution in [0, 0.1) is 0 Å². The molecule has 2 rings (SSSR count). The van der Waals surface area contributed by atoms with Gasteiger partial charge in [-0.3, -0.25) is 0 Å². The summed E-state index contributed by atoms with van der Waals surface area (Å²) in [7, 11) is -3.83. The second-order valence-corrected chi connectivity index (χ2v) is 5.63. The molecule has 0 aliphatic carbocycles. The molecule has 1 aromatic carbocycles. The Hall–Kier alpha value is -0.845. The number of rotatable bonds is 1. The van der Waals surface area contributed by atoms with E-state index in [2.05, 4.69) is 4.36 Å². The van der Waals surface area contributed by atoms with E-state index in [0.29, 0.717) is 16.9 Å². The molecule has 0 amide bonds. The van der Waals surface area contributed by atoms with Crippen LogP contribution in [0.4, 0.5) is 0 Å². The summed E-state index contributed by atoms with van der Waals surface area (Å²) in [4.78, 5) is 0.628. The minimum atomic E-state index is -2.31. The molecule has 0 saturated heterocycles. The molecule has 0 aromatic heterocycles. The van der Waals surface area contributed by atoms with E-state index in [9.17, 15) is 4.21 Å². The van der Waals surface area contributed by atoms with Crippen molar-refractivity contribution in [3.8, 4) is 0 Å². The van der Waals surface area contributed by atoms with Gasteiger partial charge in [-0.2, -0.15) is 0 Å². The second kappa shape index (κ2) is 3.08. The quantitative estimate of drug-likeness (QED) is 0.605. The molecule has 14 heavy (non-hydrogen) atoms. The second-order valence-electron chi connectivity index (χ2n) is 3.33. The highest BCUT2D eigenvalue weighted by atomic mass is 32.2. The van der Waals surface area contributed by atoms with Crippen LogP contribution in [0.5, 0.6) is 0 Å². The number of hydrogen-bond acceptors (Lipinski definition) is 4. The third-order valence-electron chi connectivity index (χ3n) is 2.28. The summed E-state index contributed by atoms with van der Waals surface area (Å²) >= 11 is 0. The first-order valence-corrected chi connectivity index (χ1v) is 6.10. The summed E-state index contributed by atoms with van der Waals surface area (Å²) in [5.41, 5.74) is 1.26. The molecule has 0 saturated carbocycles. The maximum atomic E-state index is 11.9. The van der Waals surface area contributed by atoms with Gasteiger partial charge in [-0.1, -0.05) is 12.1 Å². The van der Waals surface area contributed by atoms with Crippen molar-refractivity contribution in [2.45, 2.75) is 11.4 Å². The fraction of sp³-hybridized carbons (Fsp3) is 0.250. The summed E-state index contributed by atoms with van der Waals surface area (Å²) < 4.78 is 15.9. The Kier molecular flexibility index (Phi) is 2.13. The first-order chi connectivity index (χ1) is 6.50. The molecule has 2 N–H and O–H groups in total. The summed E-state index contributed by atoms with van der Waals surface area (Å²) in [6.07, 6.45) is 1.56. The van der Waals surface area contributed by atoms with E-state index in [-0.39, 0.29) is 0 Å². The lowest BCUT2D eigenvalue weighted by Gasteiger charge is -2.04. The largest absolute Gasteiger partial charge is 0.488 e. The van der Waals surface area contributed by atoms with E-state index in [4.69, 9.17) is 10.0 Å². The minimum Gasteiger partial charge on any atom is -0.423 e. The fourth-order valence-corrected chi connectivity index (χ4v) is 2.98. The zero-order valence-electron chi connectivity index (χ0n) is 7.67. The summed E-state index contributed by atoms with van der Waals surface area (Å²) in [6, 6.07) is 4.91. The first-order valence-electron chi connectivity index (χ1n) is 4.17. The van der Waals surface area contributed by atoms with Crippen LogP contribution in [-0.4, -0.2) is 27.6 Å². The number of nitrogens with zero attached hydrogens (tertiary/aromatic N) is 1. The molecule has 1 heterocycles. The highest BCUT2D eigenvalue weighted by Gasteiger charge is 2.21. The van der Waals surface area contributed by atoms with Crippen LogP contribution in [0.1, 0.15) is 5.56 Å². The van der Waals surface area contributed by atoms with Gasteiger partial charge in [0.15, 0.2) is 0 Å². The normalized spacial score (nSPS) is 24.2. The lowest BCUT2D eigenvalue weighted by Crippen LogP contribution is -2.30. The van der Waals surface area contributed by atoms with Crippen molar-refractivity contribution in [3.05, 3.63) is 23.8 Å². The maximum Gasteiger partial charge on any atom is 0.488 e. The molecule has 0 bridgehead atoms. The molecule has 0 radical (unpaired) electrons. The molecular weight excluding hydrogens is 201 g/mol. The minimum absolute atomic E-state index is 0.357. The van der Waals surface area contributed by atoms with Gasteiger partial charge in [-0.25, -0.2) is 8.57 Å². The third-order valence-corrected chi connectivity index (χ3v) is 4.10. The van der Waals surface area contributed by atoms with Gasteiger partial charge in [-0.15, -0.1) is 0 Å². The van der Waals surface area contributed by atoms with E-state index in [1.807, 2.05) is 0 Å². The van der Waals surface area contributed by atoms with Crippen LogP contribution in [-0.2, 0) is 16.3 Å². The van der Waals surface area contributed by atoms with Crippen molar-refractivity contribution in [1.29, 1.82) is 0 Å². The van der Waals surface area contributed by atoms with Crippen LogP contribution in [0.2, 0.25) is 0 Å². The van der Waals surface area contributed by atoms with Gasteiger partial charge in [0.1, 0.15) is 0 Å². The smallest absolute Gasteiger partial charge is 0.423 e. The van der Waals surface area contributed by atoms with E-state index in [1.54, 1.807) is 24.5 Å². The lowest BCUT2D eigenvalue weighted by atomic mass is 9.80. The fourth-order valence-electron chi connectivity index (χ4n) is 1.48. The Morgan fingerprint density at radius 3 is 2.86 bits per heavy atom. The zero-order chi connectivity index (χ0) is 10.3. The maximum absolute atomic E-state index is 11.9. The van der Waals surface area contributed by atoms with E-state index in [1.165, 1.54) is 0 Å². The van der Waals surface area contributed by atoms with Gasteiger partial charge in [0.05, 0.1) is 21.2 Å². The Balaban J connectivity index is 2.60. The van der Waals surface area contributed by atoms with E-state index in [0.717, 1.165) is 5.56 Å². The Labute approximate surface area is 82.9 Å². The van der Waals surface area contributed by atoms with Crippen LogP contribution in [0.15, 0.2) is 27.5 Å². The topological polar surface area (TPSA) is 69.9 Å². The summed E-state index contributed by atoms with van der Waals surface area (Å²) in [5, 5.41) is 17.9. The molecule has 1 unspecified atom stereocenters. The SMILES string of the molecule is CS1(=O)=NCc2ccc(B(O)O)cc21. The van der Waals surface area contributed by atoms with Crippen molar-refractivity contribution >= 4 is 22.3 Å². The average Bonchev–Trinajstić information content (AvgIpc) is 2.42. The van der Waals surface area contributed by atoms with Gasteiger partial charge < -0.3 is 10.0 Å². The van der Waals surface area contributed by atoms with Gasteiger partial charge in [0.25, 0.3) is 0 Å². The highest BCUT2D eigenvalue weighted by molar-refractivity contribution is 7.93. The van der Waals surface area contributed by atoms with Gasteiger partial charge in [0, 0.05) is 6.26 Å². The third kappa shape index (κ3) is 1.45. The molecule has 1 aliphatic rings. The molecule has 0 spiro atoms. The van der Waals surface area contributed by atoms with E-state index < -0.39 is 16.8 Å². The van der Waals surface area contributed by atoms with Crippen molar-refractivity contribution in [1.82, 2.24) is 0 Å². The van der Waals surface area contributed by atoms with Crippen molar-refractivity contribution in [3.63, 3.8) is 0 Å². The molecule has 4 nitrogen and oxygen atoms in total. The lowest BCUT2D eigenvalue weighted by molar-refractivity contribution is 0.425.